The molecule has 0 amide bonds. The van der Waals surface area contributed by atoms with E-state index in [4.69, 9.17) is 4.98 Å². The number of anilines is 1. The first-order chi connectivity index (χ1) is 13.6. The van der Waals surface area contributed by atoms with Gasteiger partial charge in [-0.25, -0.2) is 15.8 Å². The van der Waals surface area contributed by atoms with Gasteiger partial charge in [-0.2, -0.15) is 0 Å². The van der Waals surface area contributed by atoms with Crippen LogP contribution in [0.5, 0.6) is 0 Å². The van der Waals surface area contributed by atoms with Crippen LogP contribution in [0.1, 0.15) is 51.5 Å². The zero-order chi connectivity index (χ0) is 19.5. The Balaban J connectivity index is 1.38. The number of hydrazine groups is 1. The van der Waals surface area contributed by atoms with Gasteiger partial charge < -0.3 is 15.2 Å². The van der Waals surface area contributed by atoms with Gasteiger partial charge in [0, 0.05) is 30.8 Å². The molecule has 0 radical (unpaired) electrons. The maximum atomic E-state index is 4.72. The zero-order valence-corrected chi connectivity index (χ0v) is 17.9. The second-order valence-electron chi connectivity index (χ2n) is 8.19. The third kappa shape index (κ3) is 4.64. The van der Waals surface area contributed by atoms with Crippen LogP contribution in [0.4, 0.5) is 5.82 Å². The van der Waals surface area contributed by atoms with Gasteiger partial charge in [0.05, 0.1) is 18.7 Å². The van der Waals surface area contributed by atoms with E-state index < -0.39 is 0 Å². The molecule has 2 saturated heterocycles. The molecule has 9 nitrogen and oxygen atoms in total. The van der Waals surface area contributed by atoms with Crippen molar-refractivity contribution >= 4 is 17.6 Å². The summed E-state index contributed by atoms with van der Waals surface area (Å²) < 4.78 is 2.25. The molecule has 0 spiro atoms. The summed E-state index contributed by atoms with van der Waals surface area (Å²) in [5.41, 5.74) is 7.77. The first-order valence-corrected chi connectivity index (χ1v) is 11.6. The average Bonchev–Trinajstić information content (AvgIpc) is 3.32. The Morgan fingerprint density at radius 3 is 2.93 bits per heavy atom. The molecule has 1 aromatic rings. The molecule has 10 heteroatoms. The molecule has 0 bridgehead atoms. The number of piperidine rings is 1. The van der Waals surface area contributed by atoms with Crippen molar-refractivity contribution in [3.63, 3.8) is 0 Å². The van der Waals surface area contributed by atoms with E-state index in [-0.39, 0.29) is 17.8 Å². The van der Waals surface area contributed by atoms with E-state index in [0.29, 0.717) is 18.1 Å². The van der Waals surface area contributed by atoms with Crippen LogP contribution in [0.15, 0.2) is 6.33 Å². The van der Waals surface area contributed by atoms with Crippen molar-refractivity contribution in [3.8, 4) is 0 Å². The van der Waals surface area contributed by atoms with Crippen molar-refractivity contribution < 1.29 is 0 Å². The molecule has 3 aliphatic heterocycles. The van der Waals surface area contributed by atoms with Crippen molar-refractivity contribution in [3.05, 3.63) is 12.0 Å². The Hall–Kier alpha value is -0.880. The smallest absolute Gasteiger partial charge is 0.133 e. The second-order valence-corrected chi connectivity index (χ2v) is 9.40. The Kier molecular flexibility index (Phi) is 6.77. The standard InChI is InChI=1S/C18H35N9S/c1-11(2)27-10-21-14-16(20-7-8-28-18-22-12(3)25-26-18)23-15(24-17(14)27)13-5-4-6-19-9-13/h10-13,15-16,18-20,22-26H,4-9H2,1-3H3. The summed E-state index contributed by atoms with van der Waals surface area (Å²) in [4.78, 5) is 4.72. The van der Waals surface area contributed by atoms with Gasteiger partial charge in [-0.05, 0) is 40.2 Å². The molecule has 158 valence electrons. The van der Waals surface area contributed by atoms with E-state index in [9.17, 15) is 0 Å². The fourth-order valence-electron chi connectivity index (χ4n) is 4.13. The van der Waals surface area contributed by atoms with E-state index >= 15 is 0 Å². The van der Waals surface area contributed by atoms with E-state index in [1.54, 1.807) is 0 Å². The highest BCUT2D eigenvalue weighted by atomic mass is 32.2. The summed E-state index contributed by atoms with van der Waals surface area (Å²) in [6.07, 6.45) is 5.09. The number of hydrogen-bond donors (Lipinski definition) is 7. The predicted molar refractivity (Wildman–Crippen MR) is 115 cm³/mol. The van der Waals surface area contributed by atoms with Crippen LogP contribution >= 0.6 is 11.8 Å². The summed E-state index contributed by atoms with van der Waals surface area (Å²) in [5, 5.41) is 18.2. The number of fused-ring (bicyclic) bond motifs is 1. The van der Waals surface area contributed by atoms with E-state index in [1.807, 2.05) is 18.1 Å². The lowest BCUT2D eigenvalue weighted by Crippen LogP contribution is -2.55. The van der Waals surface area contributed by atoms with Crippen molar-refractivity contribution in [2.45, 2.75) is 63.6 Å². The second kappa shape index (κ2) is 9.29. The van der Waals surface area contributed by atoms with Crippen LogP contribution in [0.25, 0.3) is 0 Å². The Morgan fingerprint density at radius 1 is 1.32 bits per heavy atom. The molecule has 7 N–H and O–H groups in total. The minimum absolute atomic E-state index is 0.0744. The normalized spacial score (nSPS) is 33.1. The van der Waals surface area contributed by atoms with Crippen molar-refractivity contribution in [2.75, 3.05) is 30.7 Å². The molecule has 3 aliphatic rings. The minimum Gasteiger partial charge on any atom is -0.354 e. The van der Waals surface area contributed by atoms with E-state index in [0.717, 1.165) is 36.9 Å². The Bertz CT molecular complexity index is 631. The van der Waals surface area contributed by atoms with Crippen molar-refractivity contribution in [2.24, 2.45) is 5.92 Å². The molecular weight excluding hydrogens is 374 g/mol. The van der Waals surface area contributed by atoms with Gasteiger partial charge in [0.15, 0.2) is 0 Å². The number of nitrogens with one attached hydrogen (secondary N) is 7. The molecule has 28 heavy (non-hydrogen) atoms. The van der Waals surface area contributed by atoms with Crippen LogP contribution in [0.2, 0.25) is 0 Å². The zero-order valence-electron chi connectivity index (χ0n) is 17.1. The predicted octanol–water partition coefficient (Wildman–Crippen LogP) is 0.453. The monoisotopic (exact) mass is 409 g/mol. The molecule has 0 aliphatic carbocycles. The number of rotatable bonds is 7. The van der Waals surface area contributed by atoms with Gasteiger partial charge in [-0.3, -0.25) is 16.0 Å². The minimum atomic E-state index is 0.0744. The molecule has 1 aromatic heterocycles. The lowest BCUT2D eigenvalue weighted by atomic mass is 9.95. The fourth-order valence-corrected chi connectivity index (χ4v) is 5.05. The van der Waals surface area contributed by atoms with Gasteiger partial charge in [-0.15, -0.1) is 11.8 Å². The van der Waals surface area contributed by atoms with Crippen LogP contribution in [-0.4, -0.2) is 52.8 Å². The van der Waals surface area contributed by atoms with Gasteiger partial charge in [0.25, 0.3) is 0 Å². The van der Waals surface area contributed by atoms with E-state index in [1.165, 1.54) is 12.8 Å². The van der Waals surface area contributed by atoms with Crippen LogP contribution < -0.4 is 37.4 Å². The van der Waals surface area contributed by atoms with Crippen molar-refractivity contribution in [1.82, 2.24) is 41.7 Å². The number of imidazole rings is 1. The van der Waals surface area contributed by atoms with Crippen molar-refractivity contribution in [1.29, 1.82) is 0 Å². The topological polar surface area (TPSA) is 102 Å². The molecular formula is C18H35N9S. The molecule has 4 rings (SSSR count). The first kappa shape index (κ1) is 20.4. The number of nitrogens with zero attached hydrogens (tertiary/aromatic N) is 2. The Labute approximate surface area is 171 Å². The number of hydrogen-bond acceptors (Lipinski definition) is 9. The molecule has 4 heterocycles. The highest BCUT2D eigenvalue weighted by molar-refractivity contribution is 7.99. The first-order valence-electron chi connectivity index (χ1n) is 10.5. The maximum absolute atomic E-state index is 4.72. The largest absolute Gasteiger partial charge is 0.354 e. The summed E-state index contributed by atoms with van der Waals surface area (Å²) in [7, 11) is 0. The SMILES string of the molecule is CC1NNC(SCCNC2NC(C3CCCNC3)Nc3c2ncn3C(C)C)N1. The van der Waals surface area contributed by atoms with Gasteiger partial charge in [-0.1, -0.05) is 0 Å². The molecule has 0 aromatic carbocycles. The van der Waals surface area contributed by atoms with Crippen LogP contribution in [0, 0.1) is 5.92 Å². The Morgan fingerprint density at radius 2 is 2.21 bits per heavy atom. The highest BCUT2D eigenvalue weighted by Gasteiger charge is 2.34. The van der Waals surface area contributed by atoms with Crippen LogP contribution in [-0.2, 0) is 0 Å². The lowest BCUT2D eigenvalue weighted by molar-refractivity contribution is 0.260. The molecule has 5 unspecified atom stereocenters. The van der Waals surface area contributed by atoms with Gasteiger partial charge >= 0.3 is 0 Å². The van der Waals surface area contributed by atoms with E-state index in [2.05, 4.69) is 62.8 Å². The lowest BCUT2D eigenvalue weighted by Gasteiger charge is -2.39. The summed E-state index contributed by atoms with van der Waals surface area (Å²) in [5.74, 6) is 2.75. The van der Waals surface area contributed by atoms with Crippen LogP contribution in [0.3, 0.4) is 0 Å². The molecule has 0 saturated carbocycles. The maximum Gasteiger partial charge on any atom is 0.133 e. The summed E-state index contributed by atoms with van der Waals surface area (Å²) >= 11 is 1.87. The fraction of sp³-hybridized carbons (Fsp3) is 0.833. The summed E-state index contributed by atoms with van der Waals surface area (Å²) in [6.45, 7) is 9.63. The van der Waals surface area contributed by atoms with Gasteiger partial charge in [0.2, 0.25) is 0 Å². The van der Waals surface area contributed by atoms with Gasteiger partial charge in [0.1, 0.15) is 23.2 Å². The third-order valence-corrected chi connectivity index (χ3v) is 6.69. The summed E-state index contributed by atoms with van der Waals surface area (Å²) in [6, 6.07) is 0.386. The number of aromatic nitrogens is 2. The molecule has 2 fully saturated rings. The third-order valence-electron chi connectivity index (χ3n) is 5.66. The molecule has 5 atom stereocenters. The highest BCUT2D eigenvalue weighted by Crippen LogP contribution is 2.31. The average molecular weight is 410 g/mol. The quantitative estimate of drug-likeness (QED) is 0.324. The number of thioether (sulfide) groups is 1.